The van der Waals surface area contributed by atoms with Gasteiger partial charge >= 0.3 is 11.9 Å². The van der Waals surface area contributed by atoms with Crippen LogP contribution in [0.15, 0.2) is 35.3 Å². The minimum absolute atomic E-state index is 0.00799. The Balaban J connectivity index is 1.75. The van der Waals surface area contributed by atoms with Gasteiger partial charge in [0.15, 0.2) is 10.8 Å². The molecular formula is C28H36N6O4S+. The number of hydrogen-bond acceptors (Lipinski definition) is 8. The van der Waals surface area contributed by atoms with Gasteiger partial charge in [-0.1, -0.05) is 39.8 Å². The number of benzene rings is 1. The summed E-state index contributed by atoms with van der Waals surface area (Å²) >= 11 is 1.35. The predicted octanol–water partition coefficient (Wildman–Crippen LogP) is 3.84. The molecule has 0 spiro atoms. The van der Waals surface area contributed by atoms with Crippen molar-refractivity contribution in [1.29, 1.82) is 0 Å². The molecule has 1 saturated carbocycles. The van der Waals surface area contributed by atoms with Gasteiger partial charge in [0.05, 0.1) is 7.05 Å². The molecule has 39 heavy (non-hydrogen) atoms. The summed E-state index contributed by atoms with van der Waals surface area (Å²) < 4.78 is -0.602. The van der Waals surface area contributed by atoms with Crippen LogP contribution in [0.2, 0.25) is 0 Å². The van der Waals surface area contributed by atoms with Gasteiger partial charge in [-0.05, 0) is 37.2 Å². The lowest BCUT2D eigenvalue weighted by Gasteiger charge is -2.32. The fourth-order valence-corrected chi connectivity index (χ4v) is 5.84. The lowest BCUT2D eigenvalue weighted by atomic mass is 10.0. The van der Waals surface area contributed by atoms with E-state index in [9.17, 15) is 19.2 Å². The molecule has 1 radical (unpaired) electrons. The summed E-state index contributed by atoms with van der Waals surface area (Å²) in [7, 11) is 1.53. The predicted molar refractivity (Wildman–Crippen MR) is 152 cm³/mol. The van der Waals surface area contributed by atoms with E-state index in [1.807, 2.05) is 20.1 Å². The molecule has 4 rings (SSSR count). The summed E-state index contributed by atoms with van der Waals surface area (Å²) in [4.78, 5) is 61.3. The Kier molecular flexibility index (Phi) is 8.34. The maximum absolute atomic E-state index is 14.2. The quantitative estimate of drug-likeness (QED) is 0.151. The Hall–Kier alpha value is -3.41. The Labute approximate surface area is 233 Å². The zero-order valence-corrected chi connectivity index (χ0v) is 23.8. The van der Waals surface area contributed by atoms with Crippen molar-refractivity contribution in [2.75, 3.05) is 18.5 Å². The van der Waals surface area contributed by atoms with Gasteiger partial charge in [0.1, 0.15) is 11.7 Å². The van der Waals surface area contributed by atoms with Crippen molar-refractivity contribution in [3.05, 3.63) is 46.6 Å². The molecule has 1 unspecified atom stereocenters. The molecule has 1 aliphatic heterocycles. The van der Waals surface area contributed by atoms with Crippen LogP contribution in [0.5, 0.6) is 0 Å². The second kappa shape index (κ2) is 11.4. The average Bonchev–Trinajstić information content (AvgIpc) is 3.54. The summed E-state index contributed by atoms with van der Waals surface area (Å²) in [5.41, 5.74) is 3.37. The number of hydrogen-bond donors (Lipinski definition) is 2. The van der Waals surface area contributed by atoms with Crippen molar-refractivity contribution in [3.63, 3.8) is 0 Å². The molecule has 11 heteroatoms. The van der Waals surface area contributed by atoms with Gasteiger partial charge in [-0.3, -0.25) is 19.3 Å². The third-order valence-electron chi connectivity index (χ3n) is 7.03. The van der Waals surface area contributed by atoms with Crippen molar-refractivity contribution in [3.8, 4) is 0 Å². The highest BCUT2D eigenvalue weighted by atomic mass is 32.1. The fourth-order valence-electron chi connectivity index (χ4n) is 4.96. The number of carbonyl (C=O) groups excluding carboxylic acids is 4. The van der Waals surface area contributed by atoms with Gasteiger partial charge in [0.25, 0.3) is 5.91 Å². The summed E-state index contributed by atoms with van der Waals surface area (Å²) in [6.45, 7) is 8.86. The third-order valence-corrected chi connectivity index (χ3v) is 7.91. The van der Waals surface area contributed by atoms with Crippen LogP contribution in [0.1, 0.15) is 63.0 Å². The zero-order chi connectivity index (χ0) is 28.5. The highest BCUT2D eigenvalue weighted by molar-refractivity contribution is 7.14. The standard InChI is InChI=1S/C28H35N6O4S/c1-17(2)12-21(15-35)33(25(36)22-16-39-27(30-22)32(14-18(3)4)20-10-11-20)26(37)24-13-19-8-6-7-9-23(19)34(24,5)28(38)31-29/h6-9,13,16-18,20-21H,10-12,14,29H2,1-5H3/p+1/t21-,34?/m0/s1. The number of likely N-dealkylation sites (N-methyl/N-ethyl adjacent to an activating group) is 1. The van der Waals surface area contributed by atoms with E-state index in [4.69, 9.17) is 5.84 Å². The molecule has 207 valence electrons. The molecule has 2 aromatic rings. The SMILES string of the molecule is CC(C)C[C@@H]([C]=O)N(C(=O)C1=Cc2ccccc2[N+]1(C)C(=O)NN)C(=O)c1csc(N(CC(C)C)C2CC2)n1. The summed E-state index contributed by atoms with van der Waals surface area (Å²) in [6, 6.07) is 5.61. The van der Waals surface area contributed by atoms with E-state index in [0.29, 0.717) is 28.3 Å². The van der Waals surface area contributed by atoms with Gasteiger partial charge in [-0.25, -0.2) is 21.0 Å². The zero-order valence-electron chi connectivity index (χ0n) is 23.0. The Morgan fingerprint density at radius 1 is 1.15 bits per heavy atom. The topological polar surface area (TPSA) is 126 Å². The Bertz CT molecular complexity index is 1300. The average molecular weight is 553 g/mol. The number of hydrazine groups is 1. The number of amides is 4. The molecule has 2 aliphatic rings. The molecule has 1 aromatic heterocycles. The minimum Gasteiger partial charge on any atom is -0.345 e. The highest BCUT2D eigenvalue weighted by Crippen LogP contribution is 2.40. The first-order valence-electron chi connectivity index (χ1n) is 13.2. The maximum Gasteiger partial charge on any atom is 0.440 e. The van der Waals surface area contributed by atoms with Crippen molar-refractivity contribution < 1.29 is 19.2 Å². The highest BCUT2D eigenvalue weighted by Gasteiger charge is 2.51. The van der Waals surface area contributed by atoms with Crippen LogP contribution in [0.4, 0.5) is 15.6 Å². The number of carbonyl (C=O) groups is 3. The molecule has 2 atom stereocenters. The van der Waals surface area contributed by atoms with Crippen LogP contribution in [0, 0.1) is 11.8 Å². The number of aromatic nitrogens is 1. The number of nitrogens with two attached hydrogens (primary N) is 1. The lowest BCUT2D eigenvalue weighted by Crippen LogP contribution is -2.60. The summed E-state index contributed by atoms with van der Waals surface area (Å²) in [6.07, 6.45) is 5.83. The maximum atomic E-state index is 14.2. The minimum atomic E-state index is -1.16. The van der Waals surface area contributed by atoms with Crippen molar-refractivity contribution in [1.82, 2.24) is 19.8 Å². The van der Waals surface area contributed by atoms with Gasteiger partial charge < -0.3 is 4.90 Å². The van der Waals surface area contributed by atoms with Gasteiger partial charge in [0.2, 0.25) is 12.0 Å². The fraction of sp³-hybridized carbons (Fsp3) is 0.464. The number of quaternary nitrogens is 1. The van der Waals surface area contributed by atoms with Crippen LogP contribution in [0.3, 0.4) is 0 Å². The van der Waals surface area contributed by atoms with E-state index < -0.39 is 28.4 Å². The first-order chi connectivity index (χ1) is 18.5. The van der Waals surface area contributed by atoms with E-state index in [1.165, 1.54) is 18.4 Å². The smallest absolute Gasteiger partial charge is 0.345 e. The molecule has 2 heterocycles. The normalized spacial score (nSPS) is 18.9. The molecule has 3 N–H and O–H groups in total. The van der Waals surface area contributed by atoms with Crippen LogP contribution < -0.4 is 20.7 Å². The lowest BCUT2D eigenvalue weighted by molar-refractivity contribution is -0.126. The van der Waals surface area contributed by atoms with Gasteiger partial charge in [0, 0.05) is 35.7 Å². The van der Waals surface area contributed by atoms with E-state index >= 15 is 0 Å². The van der Waals surface area contributed by atoms with E-state index in [0.717, 1.165) is 24.3 Å². The number of para-hydroxylation sites is 1. The Morgan fingerprint density at radius 2 is 1.85 bits per heavy atom. The number of nitrogens with one attached hydrogen (secondary N) is 1. The first kappa shape index (κ1) is 28.6. The molecule has 1 aliphatic carbocycles. The number of urea groups is 1. The second-order valence-electron chi connectivity index (χ2n) is 11.1. The van der Waals surface area contributed by atoms with E-state index in [2.05, 4.69) is 29.2 Å². The van der Waals surface area contributed by atoms with Crippen molar-refractivity contribution in [2.24, 2.45) is 17.7 Å². The van der Waals surface area contributed by atoms with Crippen LogP contribution in [-0.4, -0.2) is 59.7 Å². The number of anilines is 1. The van der Waals surface area contributed by atoms with Gasteiger partial charge in [-0.2, -0.15) is 4.48 Å². The number of rotatable bonds is 10. The summed E-state index contributed by atoms with van der Waals surface area (Å²) in [5, 5.41) is 2.34. The Morgan fingerprint density at radius 3 is 2.44 bits per heavy atom. The molecule has 1 aromatic carbocycles. The van der Waals surface area contributed by atoms with Crippen LogP contribution >= 0.6 is 11.3 Å². The number of fused-ring (bicyclic) bond motifs is 1. The van der Waals surface area contributed by atoms with Gasteiger partial charge in [-0.15, -0.1) is 11.3 Å². The molecular weight excluding hydrogens is 516 g/mol. The number of thiazole rings is 1. The van der Waals surface area contributed by atoms with Crippen LogP contribution in [-0.2, 0) is 9.59 Å². The van der Waals surface area contributed by atoms with Crippen molar-refractivity contribution >= 4 is 52.4 Å². The van der Waals surface area contributed by atoms with E-state index in [1.54, 1.807) is 35.7 Å². The molecule has 10 nitrogen and oxygen atoms in total. The number of nitrogens with zero attached hydrogens (tertiary/aromatic N) is 4. The molecule has 0 bridgehead atoms. The van der Waals surface area contributed by atoms with Crippen molar-refractivity contribution in [2.45, 2.75) is 59.0 Å². The molecule has 1 fully saturated rings. The third kappa shape index (κ3) is 5.52. The molecule has 0 saturated heterocycles. The summed E-state index contributed by atoms with van der Waals surface area (Å²) in [5.74, 6) is 4.45. The van der Waals surface area contributed by atoms with E-state index in [-0.39, 0.29) is 23.7 Å². The second-order valence-corrected chi connectivity index (χ2v) is 11.9. The van der Waals surface area contributed by atoms with Crippen LogP contribution in [0.25, 0.3) is 6.08 Å². The first-order valence-corrected chi connectivity index (χ1v) is 14.1. The number of imide groups is 1. The largest absolute Gasteiger partial charge is 0.440 e. The monoisotopic (exact) mass is 552 g/mol. The molecule has 4 amide bonds.